The number of anilines is 2. The van der Waals surface area contributed by atoms with Crippen LogP contribution in [0.1, 0.15) is 25.3 Å². The van der Waals surface area contributed by atoms with E-state index < -0.39 is 20.0 Å². The molecular formula is C17H16ClF2N5O3S2. The van der Waals surface area contributed by atoms with Crippen molar-refractivity contribution >= 4 is 43.7 Å². The molecular weight excluding hydrogens is 460 g/mol. The fraction of sp³-hybridized carbons (Fsp3) is 0.235. The number of aromatic nitrogens is 4. The molecule has 0 saturated heterocycles. The predicted molar refractivity (Wildman–Crippen MR) is 111 cm³/mol. The van der Waals surface area contributed by atoms with Gasteiger partial charge >= 0.3 is 0 Å². The van der Waals surface area contributed by atoms with E-state index in [9.17, 15) is 16.7 Å². The maximum absolute atomic E-state index is 14.4. The third-order valence-corrected chi connectivity index (χ3v) is 5.50. The van der Waals surface area contributed by atoms with Crippen LogP contribution in [0.5, 0.6) is 5.88 Å². The summed E-state index contributed by atoms with van der Waals surface area (Å²) in [4.78, 5) is 7.81. The van der Waals surface area contributed by atoms with Gasteiger partial charge < -0.3 is 10.1 Å². The fourth-order valence-corrected chi connectivity index (χ4v) is 3.64. The van der Waals surface area contributed by atoms with Crippen LogP contribution >= 0.6 is 23.0 Å². The molecule has 0 amide bonds. The normalized spacial score (nSPS) is 11.7. The number of nitrogens with one attached hydrogen (secondary N) is 1. The second kappa shape index (κ2) is 8.74. The zero-order valence-electron chi connectivity index (χ0n) is 15.9. The minimum absolute atomic E-state index is 0.142. The number of nitrogens with zero attached hydrogens (tertiary/aromatic N) is 4. The maximum atomic E-state index is 14.4. The first-order valence-corrected chi connectivity index (χ1v) is 11.4. The van der Waals surface area contributed by atoms with Crippen molar-refractivity contribution in [3.63, 3.8) is 0 Å². The molecule has 0 aliphatic carbocycles. The fourth-order valence-electron chi connectivity index (χ4n) is 2.76. The van der Waals surface area contributed by atoms with E-state index in [2.05, 4.69) is 20.4 Å². The second-order valence-corrected chi connectivity index (χ2v) is 9.33. The van der Waals surface area contributed by atoms with Gasteiger partial charge in [0.1, 0.15) is 5.82 Å². The number of ether oxygens (including phenoxy) is 1. The van der Waals surface area contributed by atoms with Crippen LogP contribution in [0.4, 0.5) is 19.9 Å². The number of hydrogen-bond acceptors (Lipinski definition) is 8. The minimum Gasteiger partial charge on any atom is -0.481 e. The highest BCUT2D eigenvalue weighted by molar-refractivity contribution is 8.13. The lowest BCUT2D eigenvalue weighted by Crippen LogP contribution is -2.05. The van der Waals surface area contributed by atoms with Crippen LogP contribution in [-0.4, -0.2) is 34.7 Å². The molecule has 0 radical (unpaired) electrons. The monoisotopic (exact) mass is 475 g/mol. The van der Waals surface area contributed by atoms with E-state index in [0.29, 0.717) is 32.3 Å². The van der Waals surface area contributed by atoms with Crippen molar-refractivity contribution in [3.8, 4) is 17.0 Å². The molecule has 1 N–H and O–H groups in total. The lowest BCUT2D eigenvalue weighted by molar-refractivity contribution is 0.398. The average molecular weight is 476 g/mol. The molecule has 1 aromatic carbocycles. The maximum Gasteiger partial charge on any atom is 0.298 e. The van der Waals surface area contributed by atoms with Crippen LogP contribution in [0.15, 0.2) is 35.6 Å². The average Bonchev–Trinajstić information content (AvgIpc) is 3.12. The van der Waals surface area contributed by atoms with E-state index in [1.807, 2.05) is 13.8 Å². The summed E-state index contributed by atoms with van der Waals surface area (Å²) in [5, 5.41) is 5.63. The summed E-state index contributed by atoms with van der Waals surface area (Å²) >= 11 is -0.370. The van der Waals surface area contributed by atoms with Crippen molar-refractivity contribution in [1.29, 1.82) is 0 Å². The zero-order chi connectivity index (χ0) is 22.1. The highest BCUT2D eigenvalue weighted by atomic mass is 35.7. The number of benzene rings is 1. The van der Waals surface area contributed by atoms with Gasteiger partial charge in [-0.25, -0.2) is 17.8 Å². The molecule has 0 spiro atoms. The first-order valence-electron chi connectivity index (χ1n) is 8.45. The summed E-state index contributed by atoms with van der Waals surface area (Å²) in [5.41, 5.74) is 1.92. The first-order chi connectivity index (χ1) is 14.1. The highest BCUT2D eigenvalue weighted by Crippen LogP contribution is 2.38. The minimum atomic E-state index is -4.29. The van der Waals surface area contributed by atoms with Crippen LogP contribution in [-0.2, 0) is 9.05 Å². The molecule has 3 aromatic rings. The second-order valence-electron chi connectivity index (χ2n) is 6.38. The predicted octanol–water partition coefficient (Wildman–Crippen LogP) is 4.66. The number of methoxy groups -OCH3 is 1. The van der Waals surface area contributed by atoms with Gasteiger partial charge in [0.25, 0.3) is 14.2 Å². The van der Waals surface area contributed by atoms with Crippen molar-refractivity contribution in [2.75, 3.05) is 12.4 Å². The van der Waals surface area contributed by atoms with Crippen LogP contribution in [0.25, 0.3) is 11.1 Å². The van der Waals surface area contributed by atoms with Gasteiger partial charge in [-0.2, -0.15) is 4.98 Å². The van der Waals surface area contributed by atoms with Gasteiger partial charge in [0.15, 0.2) is 12.3 Å². The van der Waals surface area contributed by atoms with Crippen molar-refractivity contribution in [2.45, 2.75) is 24.9 Å². The molecule has 3 rings (SSSR count). The van der Waals surface area contributed by atoms with Gasteiger partial charge in [0.2, 0.25) is 11.8 Å². The summed E-state index contributed by atoms with van der Waals surface area (Å²) in [6.45, 7) is 3.69. The van der Waals surface area contributed by atoms with Crippen molar-refractivity contribution in [1.82, 2.24) is 19.2 Å². The summed E-state index contributed by atoms with van der Waals surface area (Å²) in [6.07, 6.45) is 1.50. The standard InChI is InChI=1S/C17H16ClF2N5O3S2/c1-9(2)12-7-11(19)8-13(10-4-5-21-14(6-10)28-3)15(12)22-16-23-17(30(18,26)27)24-25(16)29-20/h4-9H,1-3H3,(H,22,23,24). The van der Waals surface area contributed by atoms with Crippen molar-refractivity contribution < 1.29 is 21.4 Å². The van der Waals surface area contributed by atoms with E-state index in [4.69, 9.17) is 15.4 Å². The number of hydrogen-bond donors (Lipinski definition) is 1. The Morgan fingerprint density at radius 3 is 2.63 bits per heavy atom. The molecule has 8 nitrogen and oxygen atoms in total. The lowest BCUT2D eigenvalue weighted by atomic mass is 9.94. The smallest absolute Gasteiger partial charge is 0.298 e. The van der Waals surface area contributed by atoms with Gasteiger partial charge in [0.05, 0.1) is 12.8 Å². The molecule has 160 valence electrons. The Hall–Kier alpha value is -2.44. The molecule has 13 heteroatoms. The molecule has 0 aliphatic heterocycles. The van der Waals surface area contributed by atoms with Crippen LogP contribution in [0, 0.1) is 5.82 Å². The topological polar surface area (TPSA) is 99.0 Å². The molecule has 0 aliphatic rings. The first kappa shape index (κ1) is 22.2. The Balaban J connectivity index is 2.22. The molecule has 30 heavy (non-hydrogen) atoms. The van der Waals surface area contributed by atoms with Crippen molar-refractivity contribution in [3.05, 3.63) is 41.8 Å². The van der Waals surface area contributed by atoms with Gasteiger partial charge in [-0.05, 0) is 35.2 Å². The van der Waals surface area contributed by atoms with E-state index in [0.717, 1.165) is 0 Å². The number of rotatable bonds is 7. The molecule has 0 unspecified atom stereocenters. The van der Waals surface area contributed by atoms with E-state index >= 15 is 0 Å². The van der Waals surface area contributed by atoms with Gasteiger partial charge in [-0.15, -0.1) is 13.1 Å². The van der Waals surface area contributed by atoms with Crippen LogP contribution in [0.2, 0.25) is 0 Å². The van der Waals surface area contributed by atoms with Crippen LogP contribution < -0.4 is 10.1 Å². The van der Waals surface area contributed by atoms with E-state index in [1.165, 1.54) is 25.4 Å². The molecule has 0 atom stereocenters. The van der Waals surface area contributed by atoms with Gasteiger partial charge in [-0.1, -0.05) is 13.8 Å². The third kappa shape index (κ3) is 4.65. The zero-order valence-corrected chi connectivity index (χ0v) is 18.3. The molecule has 0 saturated carbocycles. The SMILES string of the molecule is COc1cc(-c2cc(F)cc(C(C)C)c2Nc2nc(S(=O)(=O)Cl)nn2SF)ccn1. The summed E-state index contributed by atoms with van der Waals surface area (Å²) in [6, 6.07) is 5.87. The Morgan fingerprint density at radius 1 is 1.30 bits per heavy atom. The molecule has 0 fully saturated rings. The quantitative estimate of drug-likeness (QED) is 0.492. The Morgan fingerprint density at radius 2 is 2.03 bits per heavy atom. The molecule has 0 bridgehead atoms. The van der Waals surface area contributed by atoms with Gasteiger partial charge in [-0.3, -0.25) is 0 Å². The molecule has 2 heterocycles. The third-order valence-electron chi connectivity index (χ3n) is 4.09. The van der Waals surface area contributed by atoms with Crippen molar-refractivity contribution in [2.24, 2.45) is 0 Å². The van der Waals surface area contributed by atoms with E-state index in [1.54, 1.807) is 12.1 Å². The Labute approximate surface area is 180 Å². The van der Waals surface area contributed by atoms with Crippen LogP contribution in [0.3, 0.4) is 0 Å². The summed E-state index contributed by atoms with van der Waals surface area (Å²) in [7, 11) is 2.43. The molecule has 2 aromatic heterocycles. The number of pyridine rings is 1. The van der Waals surface area contributed by atoms with E-state index in [-0.39, 0.29) is 24.2 Å². The Kier molecular flexibility index (Phi) is 6.48. The summed E-state index contributed by atoms with van der Waals surface area (Å²) in [5.74, 6) is -0.555. The largest absolute Gasteiger partial charge is 0.481 e. The van der Waals surface area contributed by atoms with Gasteiger partial charge in [0, 0.05) is 28.5 Å². The number of halogens is 3. The lowest BCUT2D eigenvalue weighted by Gasteiger charge is -2.19. The Bertz CT molecular complexity index is 1190. The summed E-state index contributed by atoms with van der Waals surface area (Å²) < 4.78 is 56.6. The highest BCUT2D eigenvalue weighted by Gasteiger charge is 2.24.